The first kappa shape index (κ1) is 25.1. The van der Waals surface area contributed by atoms with Crippen molar-refractivity contribution in [2.45, 2.75) is 0 Å². The summed E-state index contributed by atoms with van der Waals surface area (Å²) in [4.78, 5) is 26.3. The van der Waals surface area contributed by atoms with Gasteiger partial charge in [-0.2, -0.15) is 4.99 Å². The summed E-state index contributed by atoms with van der Waals surface area (Å²) in [6.45, 7) is 6.08. The summed E-state index contributed by atoms with van der Waals surface area (Å²) in [7, 11) is 0. The molecule has 2 aromatic carbocycles. The van der Waals surface area contributed by atoms with Crippen LogP contribution in [0.1, 0.15) is 0 Å². The lowest BCUT2D eigenvalue weighted by atomic mass is 10.3. The standard InChI is InChI=1S/C11H13FN2O2.C7H4FNO.C4H9NO/c12-9-2-1-3-10(8-9)13-11(15)14-4-6-16-7-5-14;8-6-2-1-3-7(4-6)9-5-10;1-3-6-4-2-5-1/h1-3,8H,4-7H2,(H,13,15);1-4H;5H,1-4H2. The van der Waals surface area contributed by atoms with E-state index in [9.17, 15) is 18.4 Å². The van der Waals surface area contributed by atoms with Crippen molar-refractivity contribution in [3.05, 3.63) is 60.2 Å². The Labute approximate surface area is 185 Å². The molecule has 2 heterocycles. The topological polar surface area (TPSA) is 92.3 Å². The second-order valence-corrected chi connectivity index (χ2v) is 6.59. The molecule has 0 radical (unpaired) electrons. The molecule has 2 aromatic rings. The van der Waals surface area contributed by atoms with Crippen LogP contribution >= 0.6 is 0 Å². The first-order valence-corrected chi connectivity index (χ1v) is 10.1. The van der Waals surface area contributed by atoms with Crippen LogP contribution in [0, 0.1) is 11.6 Å². The van der Waals surface area contributed by atoms with Crippen LogP contribution in [0.5, 0.6) is 0 Å². The normalized spacial score (nSPS) is 15.1. The van der Waals surface area contributed by atoms with E-state index in [0.29, 0.717) is 32.0 Å². The number of halogens is 2. The molecular formula is C22H26F2N4O4. The Morgan fingerprint density at radius 1 is 0.969 bits per heavy atom. The number of anilines is 1. The zero-order chi connectivity index (χ0) is 23.0. The molecule has 0 aromatic heterocycles. The number of hydrogen-bond donors (Lipinski definition) is 2. The summed E-state index contributed by atoms with van der Waals surface area (Å²) in [5.41, 5.74) is 0.756. The number of morpholine rings is 2. The van der Waals surface area contributed by atoms with Gasteiger partial charge in [-0.25, -0.2) is 18.4 Å². The van der Waals surface area contributed by atoms with Gasteiger partial charge in [0, 0.05) is 37.9 Å². The van der Waals surface area contributed by atoms with Crippen LogP contribution in [0.25, 0.3) is 0 Å². The average molecular weight is 448 g/mol. The van der Waals surface area contributed by atoms with Crippen LogP contribution in [0.4, 0.5) is 25.0 Å². The number of rotatable bonds is 2. The number of urea groups is 1. The minimum Gasteiger partial charge on any atom is -0.379 e. The van der Waals surface area contributed by atoms with E-state index in [0.717, 1.165) is 32.4 Å². The molecule has 0 saturated carbocycles. The molecule has 2 saturated heterocycles. The fourth-order valence-corrected chi connectivity index (χ4v) is 2.65. The minimum atomic E-state index is -0.406. The van der Waals surface area contributed by atoms with Crippen molar-refractivity contribution in [2.75, 3.05) is 57.9 Å². The minimum absolute atomic E-state index is 0.214. The van der Waals surface area contributed by atoms with E-state index in [1.54, 1.807) is 17.0 Å². The summed E-state index contributed by atoms with van der Waals surface area (Å²) in [6.07, 6.45) is 1.32. The fraction of sp³-hybridized carbons (Fsp3) is 0.364. The largest absolute Gasteiger partial charge is 0.379 e. The highest BCUT2D eigenvalue weighted by Gasteiger charge is 2.16. The highest BCUT2D eigenvalue weighted by molar-refractivity contribution is 5.89. The van der Waals surface area contributed by atoms with Crippen molar-refractivity contribution < 1.29 is 27.8 Å². The Morgan fingerprint density at radius 2 is 1.59 bits per heavy atom. The number of ether oxygens (including phenoxy) is 2. The smallest absolute Gasteiger partial charge is 0.322 e. The number of carbonyl (C=O) groups excluding carboxylic acids is 2. The molecule has 4 rings (SSSR count). The van der Waals surface area contributed by atoms with E-state index < -0.39 is 5.82 Å². The molecule has 8 nitrogen and oxygen atoms in total. The second-order valence-electron chi connectivity index (χ2n) is 6.59. The van der Waals surface area contributed by atoms with Crippen molar-refractivity contribution in [3.8, 4) is 0 Å². The molecule has 0 spiro atoms. The fourth-order valence-electron chi connectivity index (χ4n) is 2.65. The van der Waals surface area contributed by atoms with Crippen molar-refractivity contribution in [1.29, 1.82) is 0 Å². The zero-order valence-corrected chi connectivity index (χ0v) is 17.6. The van der Waals surface area contributed by atoms with E-state index in [1.165, 1.54) is 36.4 Å². The van der Waals surface area contributed by atoms with Gasteiger partial charge in [-0.3, -0.25) is 0 Å². The lowest BCUT2D eigenvalue weighted by Gasteiger charge is -2.26. The summed E-state index contributed by atoms with van der Waals surface area (Å²) >= 11 is 0. The number of aliphatic imine (C=N–C) groups is 1. The maximum absolute atomic E-state index is 12.9. The average Bonchev–Trinajstić information content (AvgIpc) is 2.82. The third-order valence-electron chi connectivity index (χ3n) is 4.20. The lowest BCUT2D eigenvalue weighted by molar-refractivity contribution is 0.0564. The van der Waals surface area contributed by atoms with E-state index in [2.05, 4.69) is 15.6 Å². The van der Waals surface area contributed by atoms with E-state index in [4.69, 9.17) is 9.47 Å². The second kappa shape index (κ2) is 14.8. The molecule has 2 N–H and O–H groups in total. The monoisotopic (exact) mass is 448 g/mol. The van der Waals surface area contributed by atoms with Crippen LogP contribution in [-0.4, -0.2) is 69.6 Å². The van der Waals surface area contributed by atoms with Gasteiger partial charge in [-0.1, -0.05) is 12.1 Å². The van der Waals surface area contributed by atoms with Gasteiger partial charge in [0.1, 0.15) is 11.6 Å². The molecule has 32 heavy (non-hydrogen) atoms. The molecule has 2 aliphatic heterocycles. The first-order valence-electron chi connectivity index (χ1n) is 10.1. The van der Waals surface area contributed by atoms with Gasteiger partial charge in [0.15, 0.2) is 0 Å². The molecule has 0 aliphatic carbocycles. The number of benzene rings is 2. The van der Waals surface area contributed by atoms with Crippen LogP contribution in [0.15, 0.2) is 53.5 Å². The highest BCUT2D eigenvalue weighted by atomic mass is 19.1. The van der Waals surface area contributed by atoms with Gasteiger partial charge < -0.3 is 25.0 Å². The van der Waals surface area contributed by atoms with Crippen LogP contribution < -0.4 is 10.6 Å². The molecule has 2 amide bonds. The molecule has 172 valence electrons. The number of isocyanates is 1. The van der Waals surface area contributed by atoms with E-state index >= 15 is 0 Å². The molecule has 2 aliphatic rings. The Hall–Kier alpha value is -3.17. The Morgan fingerprint density at radius 3 is 2.12 bits per heavy atom. The van der Waals surface area contributed by atoms with Gasteiger partial charge in [0.25, 0.3) is 0 Å². The molecule has 0 bridgehead atoms. The first-order chi connectivity index (χ1) is 15.6. The quantitative estimate of drug-likeness (QED) is 0.544. The van der Waals surface area contributed by atoms with Crippen molar-refractivity contribution >= 4 is 23.5 Å². The maximum atomic E-state index is 12.9. The summed E-state index contributed by atoms with van der Waals surface area (Å²) in [6, 6.07) is 11.1. The Bertz CT molecular complexity index is 872. The summed E-state index contributed by atoms with van der Waals surface area (Å²) in [5, 5.41) is 5.80. The number of nitrogens with zero attached hydrogens (tertiary/aromatic N) is 2. The number of hydrogen-bond acceptors (Lipinski definition) is 6. The molecule has 2 fully saturated rings. The van der Waals surface area contributed by atoms with Crippen LogP contribution in [0.2, 0.25) is 0 Å². The number of nitrogens with one attached hydrogen (secondary N) is 2. The summed E-state index contributed by atoms with van der Waals surface area (Å²) < 4.78 is 35.3. The van der Waals surface area contributed by atoms with Crippen LogP contribution in [-0.2, 0) is 14.3 Å². The van der Waals surface area contributed by atoms with Gasteiger partial charge >= 0.3 is 6.03 Å². The number of carbonyl (C=O) groups is 1. The van der Waals surface area contributed by atoms with Crippen molar-refractivity contribution in [1.82, 2.24) is 10.2 Å². The van der Waals surface area contributed by atoms with Gasteiger partial charge in [-0.05, 0) is 30.3 Å². The molecule has 10 heteroatoms. The maximum Gasteiger partial charge on any atom is 0.322 e. The van der Waals surface area contributed by atoms with Crippen molar-refractivity contribution in [2.24, 2.45) is 4.99 Å². The van der Waals surface area contributed by atoms with Gasteiger partial charge in [0.05, 0.1) is 32.1 Å². The zero-order valence-electron chi connectivity index (χ0n) is 17.6. The Kier molecular flexibility index (Phi) is 11.6. The van der Waals surface area contributed by atoms with Crippen molar-refractivity contribution in [3.63, 3.8) is 0 Å². The predicted octanol–water partition coefficient (Wildman–Crippen LogP) is 3.09. The lowest BCUT2D eigenvalue weighted by Crippen LogP contribution is -2.43. The predicted molar refractivity (Wildman–Crippen MR) is 116 cm³/mol. The van der Waals surface area contributed by atoms with E-state index in [1.807, 2.05) is 0 Å². The third-order valence-corrected chi connectivity index (χ3v) is 4.20. The molecule has 0 unspecified atom stereocenters. The number of amides is 2. The van der Waals surface area contributed by atoms with Gasteiger partial charge in [-0.15, -0.1) is 0 Å². The molecule has 0 atom stereocenters. The highest BCUT2D eigenvalue weighted by Crippen LogP contribution is 2.11. The third kappa shape index (κ3) is 10.2. The SMILES string of the molecule is C1COCCN1.O=C(Nc1cccc(F)c1)N1CCOCC1.O=C=Nc1cccc(F)c1. The summed E-state index contributed by atoms with van der Waals surface area (Å²) in [5.74, 6) is -0.767. The molecular weight excluding hydrogens is 422 g/mol. The van der Waals surface area contributed by atoms with Crippen LogP contribution in [0.3, 0.4) is 0 Å². The van der Waals surface area contributed by atoms with Gasteiger partial charge in [0.2, 0.25) is 6.08 Å². The Balaban J connectivity index is 0.000000192. The van der Waals surface area contributed by atoms with E-state index in [-0.39, 0.29) is 17.5 Å².